The number of esters is 2. The molecule has 0 atom stereocenters. The summed E-state index contributed by atoms with van der Waals surface area (Å²) < 4.78 is 10.3. The lowest BCUT2D eigenvalue weighted by atomic mass is 10.0. The summed E-state index contributed by atoms with van der Waals surface area (Å²) in [4.78, 5) is 23.6. The van der Waals surface area contributed by atoms with Gasteiger partial charge in [-0.15, -0.1) is 0 Å². The van der Waals surface area contributed by atoms with Gasteiger partial charge in [-0.3, -0.25) is 9.59 Å². The Bertz CT molecular complexity index is 771. The molecule has 0 amide bonds. The highest BCUT2D eigenvalue weighted by Crippen LogP contribution is 2.19. The molecule has 128 valence electrons. The first-order valence-electron chi connectivity index (χ1n) is 7.99. The van der Waals surface area contributed by atoms with Gasteiger partial charge in [-0.1, -0.05) is 26.0 Å². The van der Waals surface area contributed by atoms with Gasteiger partial charge in [0.1, 0.15) is 11.5 Å². The van der Waals surface area contributed by atoms with E-state index in [-0.39, 0.29) is 12.8 Å². The summed E-state index contributed by atoms with van der Waals surface area (Å²) in [5.74, 6) is 0.170. The van der Waals surface area contributed by atoms with Gasteiger partial charge in [0.15, 0.2) is 0 Å². The average molecular weight is 337 g/mol. The van der Waals surface area contributed by atoms with Gasteiger partial charge in [0.2, 0.25) is 0 Å². The van der Waals surface area contributed by atoms with E-state index in [9.17, 15) is 9.59 Å². The molecule has 0 spiro atoms. The Morgan fingerprint density at radius 1 is 0.880 bits per heavy atom. The van der Waals surface area contributed by atoms with E-state index in [1.165, 1.54) is 12.1 Å². The van der Waals surface area contributed by atoms with E-state index in [0.717, 1.165) is 5.56 Å². The third-order valence-electron chi connectivity index (χ3n) is 3.53. The van der Waals surface area contributed by atoms with E-state index in [0.29, 0.717) is 23.0 Å². The Kier molecular flexibility index (Phi) is 6.30. The molecule has 2 rings (SSSR count). The molecule has 5 nitrogen and oxygen atoms in total. The normalized spacial score (nSPS) is 10.2. The number of ether oxygens (including phenoxy) is 2. The predicted octanol–water partition coefficient (Wildman–Crippen LogP) is 3.97. The summed E-state index contributed by atoms with van der Waals surface area (Å²) in [6.45, 7) is 4.17. The first kappa shape index (κ1) is 18.2. The molecule has 0 aromatic heterocycles. The van der Waals surface area contributed by atoms with Gasteiger partial charge in [-0.2, -0.15) is 5.26 Å². The van der Waals surface area contributed by atoms with Crippen LogP contribution in [0.15, 0.2) is 48.5 Å². The SMILES string of the molecule is CC(C)c1ccc(OC(=O)CCC(=O)Oc2ccc(C#N)cc2)cc1. The Balaban J connectivity index is 1.78. The van der Waals surface area contributed by atoms with Crippen LogP contribution in [0.5, 0.6) is 11.5 Å². The Morgan fingerprint density at radius 3 is 1.72 bits per heavy atom. The Labute approximate surface area is 146 Å². The molecule has 0 fully saturated rings. The van der Waals surface area contributed by atoms with Crippen molar-refractivity contribution >= 4 is 11.9 Å². The number of hydrogen-bond donors (Lipinski definition) is 0. The van der Waals surface area contributed by atoms with Crippen molar-refractivity contribution in [2.24, 2.45) is 0 Å². The zero-order chi connectivity index (χ0) is 18.2. The number of nitriles is 1. The fraction of sp³-hybridized carbons (Fsp3) is 0.250. The van der Waals surface area contributed by atoms with E-state index in [1.807, 2.05) is 18.2 Å². The number of carbonyl (C=O) groups is 2. The van der Waals surface area contributed by atoms with E-state index >= 15 is 0 Å². The second kappa shape index (κ2) is 8.65. The summed E-state index contributed by atoms with van der Waals surface area (Å²) in [7, 11) is 0. The highest BCUT2D eigenvalue weighted by Gasteiger charge is 2.11. The number of carbonyl (C=O) groups excluding carboxylic acids is 2. The molecule has 2 aromatic rings. The smallest absolute Gasteiger partial charge is 0.311 e. The number of benzene rings is 2. The van der Waals surface area contributed by atoms with Gasteiger partial charge < -0.3 is 9.47 Å². The average Bonchev–Trinajstić information content (AvgIpc) is 2.61. The molecule has 0 heterocycles. The highest BCUT2D eigenvalue weighted by atomic mass is 16.5. The van der Waals surface area contributed by atoms with E-state index in [2.05, 4.69) is 13.8 Å². The van der Waals surface area contributed by atoms with Gasteiger partial charge in [-0.25, -0.2) is 0 Å². The van der Waals surface area contributed by atoms with Crippen molar-refractivity contribution in [1.29, 1.82) is 5.26 Å². The molecule has 0 unspecified atom stereocenters. The first-order valence-corrected chi connectivity index (χ1v) is 7.99. The topological polar surface area (TPSA) is 76.4 Å². The Morgan fingerprint density at radius 2 is 1.32 bits per heavy atom. The van der Waals surface area contributed by atoms with Crippen molar-refractivity contribution in [2.45, 2.75) is 32.6 Å². The minimum Gasteiger partial charge on any atom is -0.427 e. The second-order valence-electron chi connectivity index (χ2n) is 5.81. The van der Waals surface area contributed by atoms with Crippen LogP contribution in [0.3, 0.4) is 0 Å². The zero-order valence-corrected chi connectivity index (χ0v) is 14.2. The molecule has 0 aliphatic carbocycles. The van der Waals surface area contributed by atoms with Crippen LogP contribution in [0.4, 0.5) is 0 Å². The molecule has 0 N–H and O–H groups in total. The van der Waals surface area contributed by atoms with Gasteiger partial charge in [0, 0.05) is 0 Å². The largest absolute Gasteiger partial charge is 0.427 e. The maximum absolute atomic E-state index is 11.8. The van der Waals surface area contributed by atoms with Crippen molar-refractivity contribution in [3.05, 3.63) is 59.7 Å². The monoisotopic (exact) mass is 337 g/mol. The van der Waals surface area contributed by atoms with Crippen LogP contribution in [0.1, 0.15) is 43.7 Å². The summed E-state index contributed by atoms with van der Waals surface area (Å²) in [6, 6.07) is 15.4. The zero-order valence-electron chi connectivity index (χ0n) is 14.2. The minimum absolute atomic E-state index is 0.0684. The van der Waals surface area contributed by atoms with Gasteiger partial charge in [-0.05, 0) is 47.9 Å². The first-order chi connectivity index (χ1) is 12.0. The van der Waals surface area contributed by atoms with Crippen LogP contribution in [-0.4, -0.2) is 11.9 Å². The lowest BCUT2D eigenvalue weighted by Crippen LogP contribution is -2.14. The maximum atomic E-state index is 11.8. The summed E-state index contributed by atoms with van der Waals surface area (Å²) in [6.07, 6.45) is -0.149. The molecule has 5 heteroatoms. The van der Waals surface area contributed by atoms with Gasteiger partial charge in [0.05, 0.1) is 24.5 Å². The molecule has 0 saturated heterocycles. The molecule has 0 aliphatic heterocycles. The van der Waals surface area contributed by atoms with E-state index in [1.54, 1.807) is 24.3 Å². The van der Waals surface area contributed by atoms with Crippen LogP contribution in [0.2, 0.25) is 0 Å². The molecule has 25 heavy (non-hydrogen) atoms. The van der Waals surface area contributed by atoms with Crippen molar-refractivity contribution in [3.63, 3.8) is 0 Å². The number of hydrogen-bond acceptors (Lipinski definition) is 5. The fourth-order valence-corrected chi connectivity index (χ4v) is 2.09. The third kappa shape index (κ3) is 5.78. The van der Waals surface area contributed by atoms with E-state index < -0.39 is 11.9 Å². The quantitative estimate of drug-likeness (QED) is 0.589. The fourth-order valence-electron chi connectivity index (χ4n) is 2.09. The standard InChI is InChI=1S/C20H19NO4/c1-14(2)16-5-9-18(10-6-16)25-20(23)12-11-19(22)24-17-7-3-15(13-21)4-8-17/h3-10,14H,11-12H2,1-2H3. The summed E-state index contributed by atoms with van der Waals surface area (Å²) >= 11 is 0. The lowest BCUT2D eigenvalue weighted by molar-refractivity contribution is -0.140. The predicted molar refractivity (Wildman–Crippen MR) is 92.2 cm³/mol. The lowest BCUT2D eigenvalue weighted by Gasteiger charge is -2.08. The van der Waals surface area contributed by atoms with Crippen LogP contribution in [0, 0.1) is 11.3 Å². The summed E-state index contributed by atoms with van der Waals surface area (Å²) in [5, 5.41) is 8.71. The molecule has 0 aliphatic rings. The van der Waals surface area contributed by atoms with Crippen LogP contribution < -0.4 is 9.47 Å². The minimum atomic E-state index is -0.531. The molecule has 0 radical (unpaired) electrons. The molecule has 0 saturated carbocycles. The molecular formula is C20H19NO4. The number of nitrogens with zero attached hydrogens (tertiary/aromatic N) is 1. The van der Waals surface area contributed by atoms with Crippen molar-refractivity contribution in [1.82, 2.24) is 0 Å². The van der Waals surface area contributed by atoms with Crippen molar-refractivity contribution in [3.8, 4) is 17.6 Å². The second-order valence-corrected chi connectivity index (χ2v) is 5.81. The van der Waals surface area contributed by atoms with Crippen LogP contribution >= 0.6 is 0 Å². The van der Waals surface area contributed by atoms with E-state index in [4.69, 9.17) is 14.7 Å². The van der Waals surface area contributed by atoms with Crippen molar-refractivity contribution < 1.29 is 19.1 Å². The van der Waals surface area contributed by atoms with Crippen molar-refractivity contribution in [2.75, 3.05) is 0 Å². The molecule has 2 aromatic carbocycles. The molecule has 0 bridgehead atoms. The molecular weight excluding hydrogens is 318 g/mol. The Hall–Kier alpha value is -3.13. The van der Waals surface area contributed by atoms with Crippen LogP contribution in [0.25, 0.3) is 0 Å². The van der Waals surface area contributed by atoms with Gasteiger partial charge >= 0.3 is 11.9 Å². The third-order valence-corrected chi connectivity index (χ3v) is 3.53. The van der Waals surface area contributed by atoms with Gasteiger partial charge in [0.25, 0.3) is 0 Å². The summed E-state index contributed by atoms with van der Waals surface area (Å²) in [5.41, 5.74) is 1.64. The van der Waals surface area contributed by atoms with Crippen LogP contribution in [-0.2, 0) is 9.59 Å². The highest BCUT2D eigenvalue weighted by molar-refractivity contribution is 5.80. The number of rotatable bonds is 6. The maximum Gasteiger partial charge on any atom is 0.311 e.